The molecule has 0 saturated heterocycles. The molecule has 36 heavy (non-hydrogen) atoms. The lowest BCUT2D eigenvalue weighted by Crippen LogP contribution is -2.00. The van der Waals surface area contributed by atoms with Crippen LogP contribution in [0.4, 0.5) is 0 Å². The van der Waals surface area contributed by atoms with Gasteiger partial charge in [-0.1, -0.05) is 121 Å². The van der Waals surface area contributed by atoms with Gasteiger partial charge in [-0.2, -0.15) is 0 Å². The average Bonchev–Trinajstić information content (AvgIpc) is 2.98. The maximum Gasteiger partial charge on any atom is 0.164 e. The summed E-state index contributed by atoms with van der Waals surface area (Å²) >= 11 is 0. The number of rotatable bonds is 3. The van der Waals surface area contributed by atoms with E-state index in [0.29, 0.717) is 17.5 Å². The Bertz CT molecular complexity index is 1780. The summed E-state index contributed by atoms with van der Waals surface area (Å²) in [6, 6.07) is 44.0. The van der Waals surface area contributed by atoms with E-state index < -0.39 is 0 Å². The lowest BCUT2D eigenvalue weighted by atomic mass is 9.93. The molecular weight excluding hydrogens is 438 g/mol. The smallest absolute Gasteiger partial charge is 0.164 e. The molecule has 1 aromatic heterocycles. The Hall–Kier alpha value is -4.89. The van der Waals surface area contributed by atoms with Crippen LogP contribution in [0.2, 0.25) is 0 Å². The largest absolute Gasteiger partial charge is 0.208 e. The molecule has 0 bridgehead atoms. The molecule has 0 N–H and O–H groups in total. The van der Waals surface area contributed by atoms with Gasteiger partial charge >= 0.3 is 0 Å². The molecule has 0 amide bonds. The zero-order valence-corrected chi connectivity index (χ0v) is 19.5. The van der Waals surface area contributed by atoms with E-state index >= 15 is 0 Å². The van der Waals surface area contributed by atoms with Gasteiger partial charge in [-0.05, 0) is 38.4 Å². The van der Waals surface area contributed by atoms with Crippen LogP contribution in [0.25, 0.3) is 66.5 Å². The van der Waals surface area contributed by atoms with Crippen molar-refractivity contribution < 1.29 is 0 Å². The Labute approximate surface area is 208 Å². The highest BCUT2D eigenvalue weighted by Crippen LogP contribution is 2.37. The maximum atomic E-state index is 4.93. The molecule has 1 heterocycles. The molecule has 0 saturated carbocycles. The first-order valence-electron chi connectivity index (χ1n) is 12.1. The van der Waals surface area contributed by atoms with Crippen LogP contribution in [-0.4, -0.2) is 15.0 Å². The monoisotopic (exact) mass is 459 g/mol. The van der Waals surface area contributed by atoms with Gasteiger partial charge in [0.15, 0.2) is 17.5 Å². The predicted octanol–water partition coefficient (Wildman–Crippen LogP) is 8.33. The molecule has 3 heteroatoms. The molecule has 0 fully saturated rings. The molecule has 6 aromatic carbocycles. The van der Waals surface area contributed by atoms with E-state index in [2.05, 4.69) is 66.7 Å². The van der Waals surface area contributed by atoms with Crippen molar-refractivity contribution in [1.82, 2.24) is 15.0 Å². The van der Waals surface area contributed by atoms with Gasteiger partial charge < -0.3 is 0 Å². The highest BCUT2D eigenvalue weighted by atomic mass is 15.0. The fraction of sp³-hybridized carbons (Fsp3) is 0. The van der Waals surface area contributed by atoms with Crippen LogP contribution in [0.1, 0.15) is 0 Å². The van der Waals surface area contributed by atoms with Crippen LogP contribution < -0.4 is 0 Å². The second kappa shape index (κ2) is 8.40. The highest BCUT2D eigenvalue weighted by Gasteiger charge is 2.14. The number of aromatic nitrogens is 3. The number of hydrogen-bond acceptors (Lipinski definition) is 3. The summed E-state index contributed by atoms with van der Waals surface area (Å²) in [6.07, 6.45) is 0. The van der Waals surface area contributed by atoms with Crippen molar-refractivity contribution in [2.45, 2.75) is 0 Å². The standard InChI is InChI=1S/C33H21N3/c1-3-11-22(12-4-1)31-34-32(23-13-5-2-6-14-23)36-33(35-31)24-19-20-29-27-17-8-7-15-25(27)26-16-9-10-18-28(26)30(29)21-24/h1-21H. The van der Waals surface area contributed by atoms with Gasteiger partial charge in [-0.3, -0.25) is 0 Å². The van der Waals surface area contributed by atoms with E-state index in [1.54, 1.807) is 0 Å². The fourth-order valence-electron chi connectivity index (χ4n) is 4.98. The van der Waals surface area contributed by atoms with Crippen LogP contribution in [-0.2, 0) is 0 Å². The molecule has 7 aromatic rings. The van der Waals surface area contributed by atoms with Gasteiger partial charge in [0.1, 0.15) is 0 Å². The number of hydrogen-bond donors (Lipinski definition) is 0. The number of benzene rings is 6. The second-order valence-electron chi connectivity index (χ2n) is 8.89. The van der Waals surface area contributed by atoms with Crippen molar-refractivity contribution in [2.24, 2.45) is 0 Å². The van der Waals surface area contributed by atoms with E-state index in [4.69, 9.17) is 15.0 Å². The van der Waals surface area contributed by atoms with E-state index in [9.17, 15) is 0 Å². The molecule has 3 nitrogen and oxygen atoms in total. The Morgan fingerprint density at radius 1 is 0.278 bits per heavy atom. The van der Waals surface area contributed by atoms with Crippen molar-refractivity contribution in [3.8, 4) is 34.2 Å². The molecule has 7 rings (SSSR count). The molecule has 0 atom stereocenters. The molecule has 0 spiro atoms. The van der Waals surface area contributed by atoms with Crippen LogP contribution in [0.15, 0.2) is 127 Å². The highest BCUT2D eigenvalue weighted by molar-refractivity contribution is 6.25. The van der Waals surface area contributed by atoms with E-state index in [-0.39, 0.29) is 0 Å². The van der Waals surface area contributed by atoms with Gasteiger partial charge in [0, 0.05) is 16.7 Å². The SMILES string of the molecule is c1ccc(-c2nc(-c3ccccc3)nc(-c3ccc4c5ccccc5c5ccccc5c4c3)n2)cc1. The number of nitrogens with zero attached hydrogens (tertiary/aromatic N) is 3. The third-order valence-electron chi connectivity index (χ3n) is 6.70. The van der Waals surface area contributed by atoms with Crippen LogP contribution in [0.5, 0.6) is 0 Å². The topological polar surface area (TPSA) is 38.7 Å². The first-order chi connectivity index (χ1) is 17.8. The third kappa shape index (κ3) is 3.41. The summed E-state index contributed by atoms with van der Waals surface area (Å²) in [7, 11) is 0. The second-order valence-corrected chi connectivity index (χ2v) is 8.89. The maximum absolute atomic E-state index is 4.93. The molecule has 0 unspecified atom stereocenters. The minimum Gasteiger partial charge on any atom is -0.208 e. The van der Waals surface area contributed by atoms with Crippen molar-refractivity contribution in [1.29, 1.82) is 0 Å². The summed E-state index contributed by atoms with van der Waals surface area (Å²) in [5.41, 5.74) is 2.91. The lowest BCUT2D eigenvalue weighted by Gasteiger charge is -2.12. The van der Waals surface area contributed by atoms with Crippen molar-refractivity contribution in [3.63, 3.8) is 0 Å². The fourth-order valence-corrected chi connectivity index (χ4v) is 4.98. The third-order valence-corrected chi connectivity index (χ3v) is 6.70. The van der Waals surface area contributed by atoms with Crippen LogP contribution >= 0.6 is 0 Å². The quantitative estimate of drug-likeness (QED) is 0.249. The summed E-state index contributed by atoms with van der Waals surface area (Å²) in [5, 5.41) is 7.44. The van der Waals surface area contributed by atoms with E-state index in [0.717, 1.165) is 16.7 Å². The molecule has 0 aliphatic rings. The van der Waals surface area contributed by atoms with Gasteiger partial charge in [-0.25, -0.2) is 15.0 Å². The van der Waals surface area contributed by atoms with Crippen molar-refractivity contribution in [2.75, 3.05) is 0 Å². The molecule has 168 valence electrons. The Morgan fingerprint density at radius 3 is 1.11 bits per heavy atom. The molecule has 0 aliphatic carbocycles. The Kier molecular flexibility index (Phi) is 4.78. The summed E-state index contributed by atoms with van der Waals surface area (Å²) in [4.78, 5) is 14.7. The van der Waals surface area contributed by atoms with E-state index in [1.807, 2.05) is 60.7 Å². The van der Waals surface area contributed by atoms with Gasteiger partial charge in [0.2, 0.25) is 0 Å². The van der Waals surface area contributed by atoms with Crippen molar-refractivity contribution in [3.05, 3.63) is 127 Å². The van der Waals surface area contributed by atoms with Crippen LogP contribution in [0, 0.1) is 0 Å². The molecular formula is C33H21N3. The zero-order chi connectivity index (χ0) is 23.9. The average molecular weight is 460 g/mol. The summed E-state index contributed by atoms with van der Waals surface area (Å²) in [6.45, 7) is 0. The lowest BCUT2D eigenvalue weighted by molar-refractivity contribution is 1.07. The first kappa shape index (κ1) is 20.5. The normalized spacial score (nSPS) is 11.3. The summed E-state index contributed by atoms with van der Waals surface area (Å²) in [5.74, 6) is 2.01. The zero-order valence-electron chi connectivity index (χ0n) is 19.5. The molecule has 0 radical (unpaired) electrons. The van der Waals surface area contributed by atoms with Gasteiger partial charge in [0.25, 0.3) is 0 Å². The summed E-state index contributed by atoms with van der Waals surface area (Å²) < 4.78 is 0. The predicted molar refractivity (Wildman–Crippen MR) is 149 cm³/mol. The van der Waals surface area contributed by atoms with Gasteiger partial charge in [-0.15, -0.1) is 0 Å². The van der Waals surface area contributed by atoms with Crippen LogP contribution in [0.3, 0.4) is 0 Å². The first-order valence-corrected chi connectivity index (χ1v) is 12.1. The molecule has 0 aliphatic heterocycles. The Balaban J connectivity index is 1.51. The minimum absolute atomic E-state index is 0.668. The van der Waals surface area contributed by atoms with Gasteiger partial charge in [0.05, 0.1) is 0 Å². The minimum atomic E-state index is 0.668. The Morgan fingerprint density at radius 2 is 0.639 bits per heavy atom. The van der Waals surface area contributed by atoms with Crippen molar-refractivity contribution >= 4 is 32.3 Å². The number of fused-ring (bicyclic) bond motifs is 6. The van der Waals surface area contributed by atoms with E-state index in [1.165, 1.54) is 32.3 Å².